The molecule has 1 atom stereocenters. The van der Waals surface area contributed by atoms with Crippen molar-refractivity contribution in [3.8, 4) is 11.5 Å². The Balaban J connectivity index is 1.81. The fourth-order valence-electron chi connectivity index (χ4n) is 2.99. The zero-order valence-electron chi connectivity index (χ0n) is 14.9. The molecule has 2 aromatic rings. The molecule has 0 saturated heterocycles. The third kappa shape index (κ3) is 3.99. The molecule has 0 radical (unpaired) electrons. The van der Waals surface area contributed by atoms with Gasteiger partial charge >= 0.3 is 5.97 Å². The minimum Gasteiger partial charge on any atom is -0.493 e. The zero-order chi connectivity index (χ0) is 19.6. The normalized spacial score (nSPS) is 16.1. The average molecular weight is 392 g/mol. The summed E-state index contributed by atoms with van der Waals surface area (Å²) < 4.78 is 38.4. The molecule has 9 heteroatoms. The summed E-state index contributed by atoms with van der Waals surface area (Å²) in [5.74, 6) is -0.268. The minimum atomic E-state index is -3.79. The van der Waals surface area contributed by atoms with E-state index in [-0.39, 0.29) is 10.5 Å². The first-order valence-electron chi connectivity index (χ1n) is 8.18. The molecule has 1 aliphatic heterocycles. The van der Waals surface area contributed by atoms with Gasteiger partial charge in [0, 0.05) is 24.3 Å². The number of carboxylic acids is 1. The van der Waals surface area contributed by atoms with E-state index in [0.29, 0.717) is 24.5 Å². The minimum absolute atomic E-state index is 0.0604. The van der Waals surface area contributed by atoms with E-state index >= 15 is 0 Å². The van der Waals surface area contributed by atoms with E-state index in [1.54, 1.807) is 12.1 Å². The third-order valence-corrected chi connectivity index (χ3v) is 5.86. The van der Waals surface area contributed by atoms with Gasteiger partial charge in [0.2, 0.25) is 10.0 Å². The van der Waals surface area contributed by atoms with Crippen molar-refractivity contribution in [1.29, 1.82) is 0 Å². The van der Waals surface area contributed by atoms with Crippen LogP contribution in [-0.4, -0.2) is 46.3 Å². The molecule has 144 valence electrons. The van der Waals surface area contributed by atoms with E-state index in [0.717, 1.165) is 11.3 Å². The van der Waals surface area contributed by atoms with Crippen LogP contribution in [0.25, 0.3) is 0 Å². The van der Waals surface area contributed by atoms with E-state index in [9.17, 15) is 13.2 Å². The number of carboxylic acid groups (broad SMARTS) is 1. The quantitative estimate of drug-likeness (QED) is 0.686. The number of ether oxygens (including phenoxy) is 2. The summed E-state index contributed by atoms with van der Waals surface area (Å²) >= 11 is 0. The molecule has 27 heavy (non-hydrogen) atoms. The van der Waals surface area contributed by atoms with E-state index in [1.807, 2.05) is 0 Å². The molecule has 1 unspecified atom stereocenters. The smallest absolute Gasteiger partial charge is 0.335 e. The number of hydrogen-bond donors (Lipinski definition) is 3. The van der Waals surface area contributed by atoms with Crippen molar-refractivity contribution in [2.75, 3.05) is 26.1 Å². The molecule has 1 aliphatic rings. The van der Waals surface area contributed by atoms with Crippen LogP contribution in [0.5, 0.6) is 11.5 Å². The van der Waals surface area contributed by atoms with E-state index in [2.05, 4.69) is 10.0 Å². The first kappa shape index (κ1) is 19.0. The summed E-state index contributed by atoms with van der Waals surface area (Å²) in [6.07, 6.45) is 0.385. The predicted molar refractivity (Wildman–Crippen MR) is 99.3 cm³/mol. The summed E-state index contributed by atoms with van der Waals surface area (Å²) in [7, 11) is -0.881. The number of methoxy groups -OCH3 is 2. The second-order valence-electron chi connectivity index (χ2n) is 6.10. The highest BCUT2D eigenvalue weighted by Gasteiger charge is 2.25. The Labute approximate surface area is 157 Å². The van der Waals surface area contributed by atoms with Crippen LogP contribution in [0.1, 0.15) is 15.9 Å². The van der Waals surface area contributed by atoms with Crippen molar-refractivity contribution in [1.82, 2.24) is 4.72 Å². The standard InChI is InChI=1S/C18H20N2O6S/c1-25-16-6-4-14(9-17(16)26-2)27(23,24)20-13-8-12-7-11(18(21)22)3-5-15(12)19-10-13/h3-7,9,13,19-20H,8,10H2,1-2H3,(H,21,22). The maximum absolute atomic E-state index is 12.7. The second kappa shape index (κ2) is 7.45. The lowest BCUT2D eigenvalue weighted by atomic mass is 9.98. The highest BCUT2D eigenvalue weighted by Crippen LogP contribution is 2.30. The first-order valence-corrected chi connectivity index (χ1v) is 9.67. The molecule has 3 rings (SSSR count). The van der Waals surface area contributed by atoms with Gasteiger partial charge in [-0.1, -0.05) is 0 Å². The second-order valence-corrected chi connectivity index (χ2v) is 7.81. The molecule has 0 aromatic heterocycles. The van der Waals surface area contributed by atoms with Gasteiger partial charge in [-0.05, 0) is 42.3 Å². The van der Waals surface area contributed by atoms with Crippen molar-refractivity contribution in [2.24, 2.45) is 0 Å². The Kier molecular flexibility index (Phi) is 5.24. The van der Waals surface area contributed by atoms with Crippen molar-refractivity contribution in [3.63, 3.8) is 0 Å². The Morgan fingerprint density at radius 3 is 2.56 bits per heavy atom. The van der Waals surface area contributed by atoms with Gasteiger partial charge in [0.25, 0.3) is 0 Å². The highest BCUT2D eigenvalue weighted by molar-refractivity contribution is 7.89. The number of hydrogen-bond acceptors (Lipinski definition) is 6. The molecule has 2 aromatic carbocycles. The molecule has 0 amide bonds. The maximum Gasteiger partial charge on any atom is 0.335 e. The van der Waals surface area contributed by atoms with Crippen LogP contribution in [0.2, 0.25) is 0 Å². The number of nitrogens with one attached hydrogen (secondary N) is 2. The first-order chi connectivity index (χ1) is 12.8. The molecule has 0 fully saturated rings. The fourth-order valence-corrected chi connectivity index (χ4v) is 4.24. The monoisotopic (exact) mass is 392 g/mol. The van der Waals surface area contributed by atoms with E-state index < -0.39 is 22.0 Å². The molecule has 8 nitrogen and oxygen atoms in total. The van der Waals surface area contributed by atoms with Gasteiger partial charge in [0.05, 0.1) is 24.7 Å². The number of sulfonamides is 1. The lowest BCUT2D eigenvalue weighted by Gasteiger charge is -2.27. The van der Waals surface area contributed by atoms with Gasteiger partial charge in [-0.25, -0.2) is 17.9 Å². The molecular weight excluding hydrogens is 372 g/mol. The lowest BCUT2D eigenvalue weighted by Crippen LogP contribution is -2.43. The van der Waals surface area contributed by atoms with Gasteiger partial charge in [0.1, 0.15) is 0 Å². The Bertz CT molecular complexity index is 974. The van der Waals surface area contributed by atoms with Gasteiger partial charge < -0.3 is 19.9 Å². The maximum atomic E-state index is 12.7. The van der Waals surface area contributed by atoms with Crippen LogP contribution in [0.15, 0.2) is 41.3 Å². The van der Waals surface area contributed by atoms with Gasteiger partial charge in [-0.15, -0.1) is 0 Å². The number of fused-ring (bicyclic) bond motifs is 1. The van der Waals surface area contributed by atoms with Crippen molar-refractivity contribution in [3.05, 3.63) is 47.5 Å². The number of carbonyl (C=O) groups is 1. The van der Waals surface area contributed by atoms with Crippen LogP contribution < -0.4 is 19.5 Å². The van der Waals surface area contributed by atoms with E-state index in [4.69, 9.17) is 14.6 Å². The van der Waals surface area contributed by atoms with Gasteiger partial charge in [-0.2, -0.15) is 0 Å². The van der Waals surface area contributed by atoms with Gasteiger partial charge in [0.15, 0.2) is 11.5 Å². The zero-order valence-corrected chi connectivity index (χ0v) is 15.7. The lowest BCUT2D eigenvalue weighted by molar-refractivity contribution is 0.0696. The predicted octanol–water partition coefficient (Wildman–Crippen LogP) is 1.72. The largest absolute Gasteiger partial charge is 0.493 e. The van der Waals surface area contributed by atoms with Crippen LogP contribution >= 0.6 is 0 Å². The number of benzene rings is 2. The Morgan fingerprint density at radius 1 is 1.15 bits per heavy atom. The van der Waals surface area contributed by atoms with Crippen LogP contribution in [0.3, 0.4) is 0 Å². The van der Waals surface area contributed by atoms with Crippen molar-refractivity contribution in [2.45, 2.75) is 17.4 Å². The van der Waals surface area contributed by atoms with Crippen LogP contribution in [0, 0.1) is 0 Å². The summed E-state index contributed by atoms with van der Waals surface area (Å²) in [5.41, 5.74) is 1.72. The van der Waals surface area contributed by atoms with Crippen LogP contribution in [0.4, 0.5) is 5.69 Å². The molecular formula is C18H20N2O6S. The molecule has 0 bridgehead atoms. The Morgan fingerprint density at radius 2 is 1.89 bits per heavy atom. The number of aromatic carboxylic acids is 1. The highest BCUT2D eigenvalue weighted by atomic mass is 32.2. The Hall–Kier alpha value is -2.78. The number of rotatable bonds is 6. The van der Waals surface area contributed by atoms with Gasteiger partial charge in [-0.3, -0.25) is 0 Å². The third-order valence-electron chi connectivity index (χ3n) is 4.34. The molecule has 0 spiro atoms. The summed E-state index contributed by atoms with van der Waals surface area (Å²) in [6, 6.07) is 8.71. The molecule has 1 heterocycles. The average Bonchev–Trinajstić information content (AvgIpc) is 2.66. The summed E-state index contributed by atoms with van der Waals surface area (Å²) in [4.78, 5) is 11.2. The molecule has 0 saturated carbocycles. The SMILES string of the molecule is COc1ccc(S(=O)(=O)NC2CNc3ccc(C(=O)O)cc3C2)cc1OC. The van der Waals surface area contributed by atoms with Crippen molar-refractivity contribution < 1.29 is 27.8 Å². The number of anilines is 1. The molecule has 3 N–H and O–H groups in total. The topological polar surface area (TPSA) is 114 Å². The summed E-state index contributed by atoms with van der Waals surface area (Å²) in [5, 5.41) is 12.3. The molecule has 0 aliphatic carbocycles. The van der Waals surface area contributed by atoms with Crippen molar-refractivity contribution >= 4 is 21.7 Å². The summed E-state index contributed by atoms with van der Waals surface area (Å²) in [6.45, 7) is 0.395. The fraction of sp³-hybridized carbons (Fsp3) is 0.278. The van der Waals surface area contributed by atoms with Crippen LogP contribution in [-0.2, 0) is 16.4 Å². The van der Waals surface area contributed by atoms with E-state index in [1.165, 1.54) is 38.5 Å².